The summed E-state index contributed by atoms with van der Waals surface area (Å²) in [5.41, 5.74) is 2.82. The second kappa shape index (κ2) is 8.69. The maximum absolute atomic E-state index is 12.9. The largest absolute Gasteiger partial charge is 0.459 e. The maximum Gasteiger partial charge on any atom is 0.291 e. The van der Waals surface area contributed by atoms with Gasteiger partial charge in [0.15, 0.2) is 5.76 Å². The number of furan rings is 1. The van der Waals surface area contributed by atoms with Crippen LogP contribution >= 0.6 is 22.7 Å². The van der Waals surface area contributed by atoms with Crippen LogP contribution < -0.4 is 5.32 Å². The smallest absolute Gasteiger partial charge is 0.291 e. The molecule has 3 aromatic heterocycles. The standard InChI is InChI=1S/C24H28N2O2S2/c1-16-10-12-26(13-11-16)22(20-9-5-15-29-20)21-17-6-2-3-8-19(17)30-24(21)25-23(27)18-7-4-14-28-18/h4-5,7,9,14-16,22H,2-3,6,8,10-13H2,1H3,(H,25,27). The molecule has 2 aliphatic rings. The highest BCUT2D eigenvalue weighted by molar-refractivity contribution is 7.16. The van der Waals surface area contributed by atoms with E-state index in [1.54, 1.807) is 29.7 Å². The first-order valence-electron chi connectivity index (χ1n) is 11.0. The van der Waals surface area contributed by atoms with Crippen LogP contribution in [-0.2, 0) is 12.8 Å². The molecule has 1 unspecified atom stereocenters. The summed E-state index contributed by atoms with van der Waals surface area (Å²) in [6.45, 7) is 4.58. The van der Waals surface area contributed by atoms with Crippen molar-refractivity contribution >= 4 is 33.6 Å². The number of piperidine rings is 1. The van der Waals surface area contributed by atoms with Gasteiger partial charge in [-0.25, -0.2) is 0 Å². The van der Waals surface area contributed by atoms with Crippen molar-refractivity contribution in [1.82, 2.24) is 4.90 Å². The van der Waals surface area contributed by atoms with Gasteiger partial charge in [-0.05, 0) is 86.7 Å². The maximum atomic E-state index is 12.9. The van der Waals surface area contributed by atoms with Crippen molar-refractivity contribution in [3.63, 3.8) is 0 Å². The summed E-state index contributed by atoms with van der Waals surface area (Å²) >= 11 is 3.61. The van der Waals surface area contributed by atoms with Crippen LogP contribution in [0.1, 0.15) is 70.1 Å². The number of nitrogens with one attached hydrogen (secondary N) is 1. The third-order valence-electron chi connectivity index (χ3n) is 6.45. The van der Waals surface area contributed by atoms with Crippen LogP contribution in [0.5, 0.6) is 0 Å². The number of hydrogen-bond acceptors (Lipinski definition) is 5. The average molecular weight is 441 g/mol. The molecule has 1 atom stereocenters. The molecule has 0 saturated carbocycles. The minimum absolute atomic E-state index is 0.156. The fourth-order valence-corrected chi connectivity index (χ4v) is 6.97. The predicted molar refractivity (Wildman–Crippen MR) is 124 cm³/mol. The van der Waals surface area contributed by atoms with E-state index in [-0.39, 0.29) is 11.9 Å². The van der Waals surface area contributed by atoms with E-state index in [1.807, 2.05) is 11.3 Å². The number of nitrogens with zero attached hydrogens (tertiary/aromatic N) is 1. The highest BCUT2D eigenvalue weighted by Crippen LogP contribution is 2.47. The summed E-state index contributed by atoms with van der Waals surface area (Å²) in [4.78, 5) is 18.3. The Bertz CT molecular complexity index is 983. The molecule has 1 fully saturated rings. The lowest BCUT2D eigenvalue weighted by Gasteiger charge is -2.37. The van der Waals surface area contributed by atoms with Crippen LogP contribution in [0.15, 0.2) is 40.3 Å². The first kappa shape index (κ1) is 20.0. The van der Waals surface area contributed by atoms with Gasteiger partial charge in [-0.2, -0.15) is 0 Å². The zero-order valence-electron chi connectivity index (χ0n) is 17.4. The van der Waals surface area contributed by atoms with E-state index in [9.17, 15) is 4.79 Å². The second-order valence-electron chi connectivity index (χ2n) is 8.52. The van der Waals surface area contributed by atoms with Crippen molar-refractivity contribution in [3.05, 3.63) is 62.6 Å². The molecule has 5 rings (SSSR count). The normalized spacial score (nSPS) is 18.8. The van der Waals surface area contributed by atoms with Gasteiger partial charge in [0.1, 0.15) is 5.00 Å². The predicted octanol–water partition coefficient (Wildman–Crippen LogP) is 6.36. The Hall–Kier alpha value is -1.89. The van der Waals surface area contributed by atoms with E-state index in [0.29, 0.717) is 5.76 Å². The minimum Gasteiger partial charge on any atom is -0.459 e. The molecule has 3 aromatic rings. The van der Waals surface area contributed by atoms with Crippen molar-refractivity contribution in [2.24, 2.45) is 5.92 Å². The fraction of sp³-hybridized carbons (Fsp3) is 0.458. The molecule has 1 N–H and O–H groups in total. The Morgan fingerprint density at radius 2 is 2.03 bits per heavy atom. The molecule has 1 aliphatic heterocycles. The Labute approximate surface area is 185 Å². The molecule has 1 saturated heterocycles. The molecular weight excluding hydrogens is 412 g/mol. The highest BCUT2D eigenvalue weighted by Gasteiger charge is 2.34. The number of amides is 1. The second-order valence-corrected chi connectivity index (χ2v) is 10.6. The molecule has 30 heavy (non-hydrogen) atoms. The van der Waals surface area contributed by atoms with Crippen molar-refractivity contribution in [2.75, 3.05) is 18.4 Å². The lowest BCUT2D eigenvalue weighted by molar-refractivity contribution is 0.0996. The zero-order chi connectivity index (χ0) is 20.5. The Morgan fingerprint density at radius 1 is 1.20 bits per heavy atom. The molecule has 1 amide bonds. The number of aryl methyl sites for hydroxylation is 1. The number of hydrogen-bond donors (Lipinski definition) is 1. The van der Waals surface area contributed by atoms with Crippen molar-refractivity contribution in [1.29, 1.82) is 0 Å². The molecule has 158 valence electrons. The van der Waals surface area contributed by atoms with Crippen molar-refractivity contribution < 1.29 is 9.21 Å². The van der Waals surface area contributed by atoms with Gasteiger partial charge in [0, 0.05) is 15.3 Å². The zero-order valence-corrected chi connectivity index (χ0v) is 19.0. The number of carbonyl (C=O) groups is 1. The number of likely N-dealkylation sites (tertiary alicyclic amines) is 1. The topological polar surface area (TPSA) is 45.5 Å². The lowest BCUT2D eigenvalue weighted by Crippen LogP contribution is -2.37. The van der Waals surface area contributed by atoms with Gasteiger partial charge in [-0.3, -0.25) is 9.69 Å². The van der Waals surface area contributed by atoms with Crippen LogP contribution in [0.2, 0.25) is 0 Å². The van der Waals surface area contributed by atoms with E-state index in [2.05, 4.69) is 34.7 Å². The van der Waals surface area contributed by atoms with Gasteiger partial charge in [-0.15, -0.1) is 22.7 Å². The van der Waals surface area contributed by atoms with Gasteiger partial charge in [0.25, 0.3) is 5.91 Å². The Morgan fingerprint density at radius 3 is 2.77 bits per heavy atom. The summed E-state index contributed by atoms with van der Waals surface area (Å²) in [5, 5.41) is 6.41. The van der Waals surface area contributed by atoms with Crippen LogP contribution in [0.25, 0.3) is 0 Å². The number of thiophene rings is 2. The Balaban J connectivity index is 1.57. The third-order valence-corrected chi connectivity index (χ3v) is 8.60. The number of carbonyl (C=O) groups excluding carboxylic acids is 1. The number of anilines is 1. The van der Waals surface area contributed by atoms with Crippen LogP contribution in [0.3, 0.4) is 0 Å². The SMILES string of the molecule is CC1CCN(C(c2cccs2)c2c(NC(=O)c3ccco3)sc3c2CCCC3)CC1. The van der Waals surface area contributed by atoms with E-state index in [1.165, 1.54) is 46.6 Å². The van der Waals surface area contributed by atoms with Crippen molar-refractivity contribution in [3.8, 4) is 0 Å². The first-order valence-corrected chi connectivity index (χ1v) is 12.7. The molecule has 0 aromatic carbocycles. The summed E-state index contributed by atoms with van der Waals surface area (Å²) in [6, 6.07) is 8.13. The molecule has 1 aliphatic carbocycles. The summed E-state index contributed by atoms with van der Waals surface area (Å²) in [6.07, 6.45) is 8.74. The van der Waals surface area contributed by atoms with Crippen LogP contribution in [-0.4, -0.2) is 23.9 Å². The molecule has 0 bridgehead atoms. The van der Waals surface area contributed by atoms with Crippen LogP contribution in [0.4, 0.5) is 5.00 Å². The van der Waals surface area contributed by atoms with Gasteiger partial charge in [-0.1, -0.05) is 13.0 Å². The monoisotopic (exact) mass is 440 g/mol. The van der Waals surface area contributed by atoms with E-state index >= 15 is 0 Å². The fourth-order valence-electron chi connectivity index (χ4n) is 4.78. The van der Waals surface area contributed by atoms with Gasteiger partial charge in [0.05, 0.1) is 12.3 Å². The van der Waals surface area contributed by atoms with Gasteiger partial charge < -0.3 is 9.73 Å². The van der Waals surface area contributed by atoms with E-state index in [0.717, 1.165) is 36.9 Å². The van der Waals surface area contributed by atoms with E-state index < -0.39 is 0 Å². The minimum atomic E-state index is -0.156. The van der Waals surface area contributed by atoms with E-state index in [4.69, 9.17) is 4.42 Å². The summed E-state index contributed by atoms with van der Waals surface area (Å²) in [5.74, 6) is 1.00. The third kappa shape index (κ3) is 3.88. The molecular formula is C24H28N2O2S2. The van der Waals surface area contributed by atoms with Crippen LogP contribution in [0, 0.1) is 5.92 Å². The molecule has 4 heterocycles. The molecule has 0 spiro atoms. The van der Waals surface area contributed by atoms with Crippen molar-refractivity contribution in [2.45, 2.75) is 51.5 Å². The van der Waals surface area contributed by atoms with Gasteiger partial charge >= 0.3 is 0 Å². The average Bonchev–Trinajstić information content (AvgIpc) is 3.52. The Kier molecular flexibility index (Phi) is 5.81. The summed E-state index contributed by atoms with van der Waals surface area (Å²) in [7, 11) is 0. The lowest BCUT2D eigenvalue weighted by atomic mass is 9.89. The first-order chi connectivity index (χ1) is 14.7. The highest BCUT2D eigenvalue weighted by atomic mass is 32.1. The number of fused-ring (bicyclic) bond motifs is 1. The molecule has 6 heteroatoms. The van der Waals surface area contributed by atoms with Gasteiger partial charge in [0.2, 0.25) is 0 Å². The quantitative estimate of drug-likeness (QED) is 0.502. The summed E-state index contributed by atoms with van der Waals surface area (Å²) < 4.78 is 5.35. The number of rotatable bonds is 5. The molecule has 4 nitrogen and oxygen atoms in total. The molecule has 0 radical (unpaired) electrons.